The molecular weight excluding hydrogens is 256 g/mol. The molecule has 15 heavy (non-hydrogen) atoms. The number of hydrogen-bond donors (Lipinski definition) is 1. The molecule has 0 aromatic heterocycles. The highest BCUT2D eigenvalue weighted by atomic mass is 79.9. The molecule has 1 aliphatic rings. The van der Waals surface area contributed by atoms with E-state index in [1.54, 1.807) is 5.06 Å². The fourth-order valence-corrected chi connectivity index (χ4v) is 2.04. The van der Waals surface area contributed by atoms with Crippen molar-refractivity contribution in [2.45, 2.75) is 12.5 Å². The highest BCUT2D eigenvalue weighted by molar-refractivity contribution is 9.10. The predicted molar refractivity (Wildman–Crippen MR) is 63.2 cm³/mol. The Morgan fingerprint density at radius 3 is 2.93 bits per heavy atom. The molecule has 0 aliphatic carbocycles. The van der Waals surface area contributed by atoms with E-state index in [-0.39, 0.29) is 5.54 Å². The van der Waals surface area contributed by atoms with E-state index in [1.807, 2.05) is 19.2 Å². The maximum absolute atomic E-state index is 5.54. The van der Waals surface area contributed by atoms with Gasteiger partial charge in [-0.2, -0.15) is 5.06 Å². The molecule has 1 saturated heterocycles. The number of hydrogen-bond acceptors (Lipinski definition) is 3. The fourth-order valence-electron chi connectivity index (χ4n) is 1.64. The molecule has 1 N–H and O–H groups in total. The first kappa shape index (κ1) is 11.1. The Hall–Kier alpha value is -0.420. The van der Waals surface area contributed by atoms with Crippen LogP contribution >= 0.6 is 15.9 Å². The van der Waals surface area contributed by atoms with Crippen LogP contribution in [0.15, 0.2) is 28.7 Å². The molecular formula is C11H15BrN2O. The Kier molecular flexibility index (Phi) is 3.11. The lowest BCUT2D eigenvalue weighted by atomic mass is 9.93. The molecule has 0 spiro atoms. The van der Waals surface area contributed by atoms with Crippen LogP contribution in [0.25, 0.3) is 0 Å². The molecule has 3 nitrogen and oxygen atoms in total. The molecule has 0 amide bonds. The molecule has 82 valence electrons. The van der Waals surface area contributed by atoms with Gasteiger partial charge in [0.1, 0.15) is 0 Å². The van der Waals surface area contributed by atoms with Crippen LogP contribution in [0.2, 0.25) is 0 Å². The summed E-state index contributed by atoms with van der Waals surface area (Å²) in [5.74, 6) is 0. The average Bonchev–Trinajstić information content (AvgIpc) is 2.23. The molecule has 1 atom stereocenters. The lowest BCUT2D eigenvalue weighted by Crippen LogP contribution is -2.54. The maximum atomic E-state index is 5.54. The lowest BCUT2D eigenvalue weighted by Gasteiger charge is -2.38. The Balaban J connectivity index is 2.22. The van der Waals surface area contributed by atoms with Gasteiger partial charge in [0, 0.05) is 11.5 Å². The monoisotopic (exact) mass is 270 g/mol. The van der Waals surface area contributed by atoms with Gasteiger partial charge in [0.2, 0.25) is 0 Å². The van der Waals surface area contributed by atoms with E-state index in [9.17, 15) is 0 Å². The summed E-state index contributed by atoms with van der Waals surface area (Å²) >= 11 is 3.49. The van der Waals surface area contributed by atoms with Gasteiger partial charge >= 0.3 is 0 Å². The number of hydroxylamine groups is 2. The van der Waals surface area contributed by atoms with Crippen LogP contribution in [-0.4, -0.2) is 25.4 Å². The summed E-state index contributed by atoms with van der Waals surface area (Å²) in [7, 11) is 1.92. The van der Waals surface area contributed by atoms with E-state index in [1.165, 1.54) is 5.56 Å². The molecule has 1 aromatic rings. The topological polar surface area (TPSA) is 24.5 Å². The van der Waals surface area contributed by atoms with Gasteiger partial charge in [-0.1, -0.05) is 28.1 Å². The van der Waals surface area contributed by atoms with Crippen molar-refractivity contribution in [1.82, 2.24) is 10.4 Å². The van der Waals surface area contributed by atoms with E-state index in [4.69, 9.17) is 4.84 Å². The smallest absolute Gasteiger partial charge is 0.0906 e. The van der Waals surface area contributed by atoms with Crippen molar-refractivity contribution in [3.8, 4) is 0 Å². The minimum absolute atomic E-state index is 0.101. The van der Waals surface area contributed by atoms with Gasteiger partial charge in [0.15, 0.2) is 0 Å². The second-order valence-electron chi connectivity index (χ2n) is 4.08. The summed E-state index contributed by atoms with van der Waals surface area (Å²) in [6.45, 7) is 3.55. The zero-order valence-corrected chi connectivity index (χ0v) is 10.5. The third-order valence-corrected chi connectivity index (χ3v) is 3.22. The Bertz CT molecular complexity index is 348. The summed E-state index contributed by atoms with van der Waals surface area (Å²) in [6, 6.07) is 8.32. The first-order valence-electron chi connectivity index (χ1n) is 4.95. The molecule has 1 aliphatic heterocycles. The zero-order valence-electron chi connectivity index (χ0n) is 8.96. The van der Waals surface area contributed by atoms with Crippen LogP contribution < -0.4 is 5.32 Å². The van der Waals surface area contributed by atoms with Crippen molar-refractivity contribution >= 4 is 15.9 Å². The van der Waals surface area contributed by atoms with Crippen molar-refractivity contribution in [1.29, 1.82) is 0 Å². The number of rotatable bonds is 1. The Morgan fingerprint density at radius 2 is 2.33 bits per heavy atom. The van der Waals surface area contributed by atoms with Crippen LogP contribution in [0.1, 0.15) is 12.5 Å². The molecule has 0 bridgehead atoms. The Labute approximate surface area is 98.5 Å². The van der Waals surface area contributed by atoms with Crippen molar-refractivity contribution in [2.75, 3.05) is 20.3 Å². The molecule has 1 heterocycles. The van der Waals surface area contributed by atoms with Crippen LogP contribution in [0.4, 0.5) is 0 Å². The number of nitrogens with zero attached hydrogens (tertiary/aromatic N) is 1. The summed E-state index contributed by atoms with van der Waals surface area (Å²) in [4.78, 5) is 5.54. The summed E-state index contributed by atoms with van der Waals surface area (Å²) < 4.78 is 1.10. The summed E-state index contributed by atoms with van der Waals surface area (Å²) in [6.07, 6.45) is 0. The van der Waals surface area contributed by atoms with Crippen LogP contribution in [-0.2, 0) is 10.4 Å². The van der Waals surface area contributed by atoms with Gasteiger partial charge in [0.25, 0.3) is 0 Å². The third-order valence-electron chi connectivity index (χ3n) is 2.73. The van der Waals surface area contributed by atoms with Gasteiger partial charge in [-0.25, -0.2) is 0 Å². The van der Waals surface area contributed by atoms with Gasteiger partial charge in [0.05, 0.1) is 18.8 Å². The molecule has 1 aromatic carbocycles. The molecule has 1 unspecified atom stereocenters. The molecule has 0 saturated carbocycles. The van der Waals surface area contributed by atoms with Crippen LogP contribution in [0.5, 0.6) is 0 Å². The molecule has 2 rings (SSSR count). The quantitative estimate of drug-likeness (QED) is 0.846. The first-order valence-corrected chi connectivity index (χ1v) is 5.75. The minimum Gasteiger partial charge on any atom is -0.296 e. The predicted octanol–water partition coefficient (Wildman–Crippen LogP) is 2.09. The number of benzene rings is 1. The highest BCUT2D eigenvalue weighted by Gasteiger charge is 2.31. The molecule has 0 radical (unpaired) electrons. The van der Waals surface area contributed by atoms with Crippen molar-refractivity contribution < 1.29 is 4.84 Å². The van der Waals surface area contributed by atoms with Gasteiger partial charge < -0.3 is 0 Å². The Morgan fingerprint density at radius 1 is 1.53 bits per heavy atom. The van der Waals surface area contributed by atoms with Crippen molar-refractivity contribution in [3.05, 3.63) is 34.3 Å². The first-order chi connectivity index (χ1) is 7.10. The standard InChI is InChI=1S/C11H15BrN2O/c1-11(7-15-14(2)8-13-11)9-4-3-5-10(12)6-9/h3-6,13H,7-8H2,1-2H3. The van der Waals surface area contributed by atoms with E-state index >= 15 is 0 Å². The minimum atomic E-state index is -0.101. The number of nitrogens with one attached hydrogen (secondary N) is 1. The third kappa shape index (κ3) is 2.39. The summed E-state index contributed by atoms with van der Waals surface area (Å²) in [5, 5.41) is 5.27. The normalized spacial score (nSPS) is 27.9. The maximum Gasteiger partial charge on any atom is 0.0906 e. The van der Waals surface area contributed by atoms with Crippen LogP contribution in [0.3, 0.4) is 0 Å². The van der Waals surface area contributed by atoms with Crippen molar-refractivity contribution in [3.63, 3.8) is 0 Å². The molecule has 1 fully saturated rings. The van der Waals surface area contributed by atoms with Gasteiger partial charge in [-0.3, -0.25) is 10.2 Å². The van der Waals surface area contributed by atoms with E-state index in [0.29, 0.717) is 6.61 Å². The lowest BCUT2D eigenvalue weighted by molar-refractivity contribution is -0.196. The second-order valence-corrected chi connectivity index (χ2v) is 4.99. The van der Waals surface area contributed by atoms with E-state index in [2.05, 4.69) is 40.3 Å². The fraction of sp³-hybridized carbons (Fsp3) is 0.455. The van der Waals surface area contributed by atoms with Gasteiger partial charge in [-0.05, 0) is 24.6 Å². The number of halogens is 1. The van der Waals surface area contributed by atoms with E-state index < -0.39 is 0 Å². The highest BCUT2D eigenvalue weighted by Crippen LogP contribution is 2.26. The largest absolute Gasteiger partial charge is 0.296 e. The van der Waals surface area contributed by atoms with E-state index in [0.717, 1.165) is 11.1 Å². The summed E-state index contributed by atoms with van der Waals surface area (Å²) in [5.41, 5.74) is 1.14. The average molecular weight is 271 g/mol. The van der Waals surface area contributed by atoms with Crippen molar-refractivity contribution in [2.24, 2.45) is 0 Å². The van der Waals surface area contributed by atoms with Crippen LogP contribution in [0, 0.1) is 0 Å². The SMILES string of the molecule is CN1CNC(C)(c2cccc(Br)c2)CO1. The van der Waals surface area contributed by atoms with Gasteiger partial charge in [-0.15, -0.1) is 0 Å². The zero-order chi connectivity index (χ0) is 10.9. The molecule has 4 heteroatoms. The second kappa shape index (κ2) is 4.22.